The molecular formula is C44H41F3N4O3S. The van der Waals surface area contributed by atoms with Gasteiger partial charge in [-0.15, -0.1) is 24.5 Å². The molecule has 3 aromatic carbocycles. The van der Waals surface area contributed by atoms with Crippen LogP contribution in [0.4, 0.5) is 18.9 Å². The van der Waals surface area contributed by atoms with Crippen LogP contribution in [-0.2, 0) is 11.3 Å². The molecule has 0 atom stereocenters. The molecule has 4 rings (SSSR count). The Morgan fingerprint density at radius 3 is 2.04 bits per heavy atom. The molecule has 55 heavy (non-hydrogen) atoms. The molecule has 4 aromatic rings. The third-order valence-electron chi connectivity index (χ3n) is 8.33. The Labute approximate surface area is 324 Å². The molecule has 0 radical (unpaired) electrons. The second-order valence-corrected chi connectivity index (χ2v) is 13.3. The molecule has 0 aliphatic rings. The summed E-state index contributed by atoms with van der Waals surface area (Å²) in [5, 5.41) is 28.9. The number of alkyl halides is 3. The molecule has 0 spiro atoms. The van der Waals surface area contributed by atoms with E-state index in [1.54, 1.807) is 49.6 Å². The van der Waals surface area contributed by atoms with Crippen LogP contribution in [0.2, 0.25) is 0 Å². The van der Waals surface area contributed by atoms with Crippen molar-refractivity contribution in [1.29, 1.82) is 15.8 Å². The first kappa shape index (κ1) is 41.5. The van der Waals surface area contributed by atoms with Crippen LogP contribution in [0.15, 0.2) is 108 Å². The van der Waals surface area contributed by atoms with E-state index in [0.29, 0.717) is 12.2 Å². The van der Waals surface area contributed by atoms with Gasteiger partial charge < -0.3 is 19.1 Å². The molecule has 0 fully saturated rings. The van der Waals surface area contributed by atoms with Crippen LogP contribution in [0, 0.1) is 34.0 Å². The minimum atomic E-state index is -5.25. The van der Waals surface area contributed by atoms with Crippen molar-refractivity contribution in [3.8, 4) is 29.7 Å². The number of methoxy groups -OCH3 is 1. The Balaban J connectivity index is 1.69. The molecular weight excluding hydrogens is 722 g/mol. The quantitative estimate of drug-likeness (QED) is 0.0565. The van der Waals surface area contributed by atoms with Crippen LogP contribution in [0.5, 0.6) is 11.5 Å². The van der Waals surface area contributed by atoms with Crippen molar-refractivity contribution >= 4 is 40.8 Å². The van der Waals surface area contributed by atoms with Crippen LogP contribution in [-0.4, -0.2) is 26.6 Å². The highest BCUT2D eigenvalue weighted by molar-refractivity contribution is 7.13. The third kappa shape index (κ3) is 12.4. The standard InChI is InChI=1S/C44H41F3N4O3S/c1-4-6-25-51(26-7-5-2)36-17-15-34(42(27-36)53-31-32-13-18-37(52-3)19-14-32)16-20-38-21-22-39(55-38)23-24-40(33-11-9-8-10-12-33)41(30-50)43(35(28-48)29-49)54-44(45,46)47/h8-24,27H,4-7,25-26,31H2,1-3H3/b20-16+,24-23+,41-40-. The van der Waals surface area contributed by atoms with Gasteiger partial charge >= 0.3 is 6.36 Å². The number of unbranched alkanes of at least 4 members (excludes halogenated alkanes) is 2. The first-order valence-electron chi connectivity index (χ1n) is 17.7. The van der Waals surface area contributed by atoms with E-state index in [9.17, 15) is 29.0 Å². The number of rotatable bonds is 18. The zero-order valence-electron chi connectivity index (χ0n) is 30.9. The van der Waals surface area contributed by atoms with Gasteiger partial charge in [-0.3, -0.25) is 0 Å². The number of nitrogens with zero attached hydrogens (tertiary/aromatic N) is 4. The second-order valence-electron chi connectivity index (χ2n) is 12.2. The van der Waals surface area contributed by atoms with Crippen molar-refractivity contribution in [3.05, 3.63) is 134 Å². The van der Waals surface area contributed by atoms with Gasteiger partial charge in [0.05, 0.1) is 7.11 Å². The number of allylic oxidation sites excluding steroid dienone is 4. The van der Waals surface area contributed by atoms with Crippen molar-refractivity contribution in [2.45, 2.75) is 52.5 Å². The minimum Gasteiger partial charge on any atom is -0.497 e. The van der Waals surface area contributed by atoms with Gasteiger partial charge in [0.2, 0.25) is 0 Å². The summed E-state index contributed by atoms with van der Waals surface area (Å²) in [4.78, 5) is 4.03. The number of ether oxygens (including phenoxy) is 3. The fraction of sp³-hybridized carbons (Fsp3) is 0.250. The molecule has 1 aromatic heterocycles. The number of thiophene rings is 1. The predicted octanol–water partition coefficient (Wildman–Crippen LogP) is 11.7. The zero-order valence-corrected chi connectivity index (χ0v) is 31.7. The van der Waals surface area contributed by atoms with Gasteiger partial charge in [-0.2, -0.15) is 15.8 Å². The summed E-state index contributed by atoms with van der Waals surface area (Å²) < 4.78 is 56.1. The smallest absolute Gasteiger partial charge is 0.497 e. The molecule has 0 saturated carbocycles. The van der Waals surface area contributed by atoms with Gasteiger partial charge in [0.25, 0.3) is 0 Å². The van der Waals surface area contributed by atoms with E-state index < -0.39 is 23.3 Å². The topological polar surface area (TPSA) is 102 Å². The fourth-order valence-corrected chi connectivity index (χ4v) is 6.28. The first-order valence-corrected chi connectivity index (χ1v) is 18.6. The monoisotopic (exact) mass is 762 g/mol. The van der Waals surface area contributed by atoms with E-state index in [0.717, 1.165) is 76.8 Å². The maximum Gasteiger partial charge on any atom is 0.573 e. The van der Waals surface area contributed by atoms with Gasteiger partial charge in [0.1, 0.15) is 41.9 Å². The fourth-order valence-electron chi connectivity index (χ4n) is 5.46. The number of anilines is 1. The summed E-state index contributed by atoms with van der Waals surface area (Å²) in [6, 6.07) is 30.6. The maximum atomic E-state index is 13.4. The van der Waals surface area contributed by atoms with Gasteiger partial charge in [0.15, 0.2) is 11.3 Å². The zero-order chi connectivity index (χ0) is 39.6. The van der Waals surface area contributed by atoms with Crippen LogP contribution < -0.4 is 14.4 Å². The van der Waals surface area contributed by atoms with E-state index in [1.807, 2.05) is 48.6 Å². The number of halogens is 3. The summed E-state index contributed by atoms with van der Waals surface area (Å²) in [5.41, 5.74) is 1.83. The Morgan fingerprint density at radius 1 is 0.800 bits per heavy atom. The lowest BCUT2D eigenvalue weighted by Crippen LogP contribution is -2.25. The Hall–Kier alpha value is -6.22. The van der Waals surface area contributed by atoms with Crippen molar-refractivity contribution in [2.75, 3.05) is 25.1 Å². The van der Waals surface area contributed by atoms with Gasteiger partial charge in [0, 0.05) is 45.7 Å². The average molecular weight is 763 g/mol. The highest BCUT2D eigenvalue weighted by atomic mass is 32.1. The Morgan fingerprint density at radius 2 is 1.45 bits per heavy atom. The largest absolute Gasteiger partial charge is 0.573 e. The lowest BCUT2D eigenvalue weighted by Gasteiger charge is -2.25. The van der Waals surface area contributed by atoms with Crippen LogP contribution in [0.25, 0.3) is 23.8 Å². The highest BCUT2D eigenvalue weighted by Gasteiger charge is 2.35. The number of nitriles is 3. The molecule has 0 amide bonds. The Bertz CT molecular complexity index is 2110. The molecule has 0 N–H and O–H groups in total. The molecule has 0 saturated heterocycles. The summed E-state index contributed by atoms with van der Waals surface area (Å²) >= 11 is 1.42. The lowest BCUT2D eigenvalue weighted by molar-refractivity contribution is -0.303. The van der Waals surface area contributed by atoms with Crippen molar-refractivity contribution in [2.24, 2.45) is 0 Å². The van der Waals surface area contributed by atoms with Crippen molar-refractivity contribution in [1.82, 2.24) is 0 Å². The van der Waals surface area contributed by atoms with Crippen molar-refractivity contribution in [3.63, 3.8) is 0 Å². The lowest BCUT2D eigenvalue weighted by atomic mass is 9.97. The molecule has 0 unspecified atom stereocenters. The van der Waals surface area contributed by atoms with E-state index in [-0.39, 0.29) is 5.57 Å². The van der Waals surface area contributed by atoms with E-state index >= 15 is 0 Å². The average Bonchev–Trinajstić information content (AvgIpc) is 3.66. The van der Waals surface area contributed by atoms with E-state index in [4.69, 9.17) is 9.47 Å². The number of hydrogen-bond donors (Lipinski definition) is 0. The molecule has 0 bridgehead atoms. The maximum absolute atomic E-state index is 13.4. The summed E-state index contributed by atoms with van der Waals surface area (Å²) in [6.07, 6.45) is 6.19. The third-order valence-corrected chi connectivity index (χ3v) is 9.35. The molecule has 282 valence electrons. The van der Waals surface area contributed by atoms with Gasteiger partial charge in [-0.25, -0.2) is 0 Å². The molecule has 7 nitrogen and oxygen atoms in total. The number of benzene rings is 3. The minimum absolute atomic E-state index is 0.0431. The molecule has 1 heterocycles. The van der Waals surface area contributed by atoms with Crippen LogP contribution in [0.3, 0.4) is 0 Å². The molecule has 0 aliphatic carbocycles. The first-order chi connectivity index (χ1) is 26.6. The summed E-state index contributed by atoms with van der Waals surface area (Å²) in [6.45, 7) is 6.65. The SMILES string of the molecule is CCCCN(CCCC)c1ccc(/C=C/c2ccc(/C=C/C(=C(\C#N)C(OC(F)(F)F)=C(C#N)C#N)c3ccccc3)s2)c(OCc2ccc(OC)cc2)c1. The Kier molecular flexibility index (Phi) is 15.8. The second kappa shape index (κ2) is 20.9. The highest BCUT2D eigenvalue weighted by Crippen LogP contribution is 2.34. The molecule has 11 heteroatoms. The summed E-state index contributed by atoms with van der Waals surface area (Å²) in [7, 11) is 1.63. The van der Waals surface area contributed by atoms with Gasteiger partial charge in [-0.1, -0.05) is 75.2 Å². The van der Waals surface area contributed by atoms with E-state index in [2.05, 4.69) is 41.7 Å². The van der Waals surface area contributed by atoms with Gasteiger partial charge in [-0.05, 0) is 78.6 Å². The summed E-state index contributed by atoms with van der Waals surface area (Å²) in [5.74, 6) is 0.345. The predicted molar refractivity (Wildman–Crippen MR) is 212 cm³/mol. The van der Waals surface area contributed by atoms with Crippen LogP contribution >= 0.6 is 11.3 Å². The van der Waals surface area contributed by atoms with E-state index in [1.165, 1.54) is 29.6 Å². The van der Waals surface area contributed by atoms with Crippen LogP contribution in [0.1, 0.15) is 66.0 Å². The van der Waals surface area contributed by atoms with Crippen molar-refractivity contribution < 1.29 is 27.4 Å². The number of hydrogen-bond acceptors (Lipinski definition) is 8. The normalized spacial score (nSPS) is 11.7. The molecule has 0 aliphatic heterocycles.